The fourth-order valence-corrected chi connectivity index (χ4v) is 1.91. The van der Waals surface area contributed by atoms with Crippen LogP contribution in [-0.4, -0.2) is 7.11 Å². The van der Waals surface area contributed by atoms with Gasteiger partial charge in [0, 0.05) is 5.02 Å². The van der Waals surface area contributed by atoms with Gasteiger partial charge in [0.1, 0.15) is 17.2 Å². The third kappa shape index (κ3) is 2.63. The SMILES string of the molecule is COc1cccc(Oc2ccc(Cl)cc2Cl)c1N. The minimum Gasteiger partial charge on any atom is -0.494 e. The van der Waals surface area contributed by atoms with Gasteiger partial charge in [-0.15, -0.1) is 0 Å². The van der Waals surface area contributed by atoms with E-state index < -0.39 is 0 Å². The van der Waals surface area contributed by atoms with Crippen molar-refractivity contribution in [1.82, 2.24) is 0 Å². The van der Waals surface area contributed by atoms with Crippen LogP contribution in [0.4, 0.5) is 5.69 Å². The van der Waals surface area contributed by atoms with Crippen molar-refractivity contribution in [1.29, 1.82) is 0 Å². The van der Waals surface area contributed by atoms with Crippen LogP contribution in [0.3, 0.4) is 0 Å². The van der Waals surface area contributed by atoms with E-state index in [0.717, 1.165) is 0 Å². The maximum atomic E-state index is 6.02. The number of ether oxygens (including phenoxy) is 2. The molecule has 0 atom stereocenters. The van der Waals surface area contributed by atoms with Gasteiger partial charge in [-0.25, -0.2) is 0 Å². The molecule has 0 aliphatic carbocycles. The molecule has 94 valence electrons. The first-order valence-corrected chi connectivity index (χ1v) is 5.93. The van der Waals surface area contributed by atoms with Crippen LogP contribution in [0.5, 0.6) is 17.2 Å². The number of anilines is 1. The van der Waals surface area contributed by atoms with E-state index >= 15 is 0 Å². The fraction of sp³-hybridized carbons (Fsp3) is 0.0769. The van der Waals surface area contributed by atoms with E-state index in [9.17, 15) is 0 Å². The normalized spacial score (nSPS) is 10.2. The highest BCUT2D eigenvalue weighted by atomic mass is 35.5. The van der Waals surface area contributed by atoms with Gasteiger partial charge in [-0.05, 0) is 30.3 Å². The molecule has 0 spiro atoms. The monoisotopic (exact) mass is 283 g/mol. The molecule has 0 aromatic heterocycles. The van der Waals surface area contributed by atoms with Crippen LogP contribution in [0.25, 0.3) is 0 Å². The Morgan fingerprint density at radius 1 is 1.00 bits per heavy atom. The van der Waals surface area contributed by atoms with Crippen molar-refractivity contribution in [3.05, 3.63) is 46.4 Å². The molecule has 2 aromatic carbocycles. The number of methoxy groups -OCH3 is 1. The highest BCUT2D eigenvalue weighted by Crippen LogP contribution is 2.37. The molecule has 0 amide bonds. The topological polar surface area (TPSA) is 44.5 Å². The summed E-state index contributed by atoms with van der Waals surface area (Å²) in [6.07, 6.45) is 0. The third-order valence-corrected chi connectivity index (χ3v) is 2.89. The summed E-state index contributed by atoms with van der Waals surface area (Å²) < 4.78 is 10.8. The molecule has 0 saturated carbocycles. The van der Waals surface area contributed by atoms with Gasteiger partial charge in [-0.2, -0.15) is 0 Å². The molecule has 0 bridgehead atoms. The van der Waals surface area contributed by atoms with Crippen LogP contribution in [0, 0.1) is 0 Å². The summed E-state index contributed by atoms with van der Waals surface area (Å²) in [6, 6.07) is 10.3. The third-order valence-electron chi connectivity index (χ3n) is 2.36. The smallest absolute Gasteiger partial charge is 0.154 e. The zero-order valence-electron chi connectivity index (χ0n) is 9.61. The summed E-state index contributed by atoms with van der Waals surface area (Å²) in [6.45, 7) is 0. The number of nitrogen functional groups attached to an aromatic ring is 1. The average Bonchev–Trinajstić information content (AvgIpc) is 2.35. The first-order chi connectivity index (χ1) is 8.61. The van der Waals surface area contributed by atoms with Gasteiger partial charge < -0.3 is 15.2 Å². The Labute approximate surface area is 115 Å². The van der Waals surface area contributed by atoms with Gasteiger partial charge in [0.25, 0.3) is 0 Å². The number of hydrogen-bond acceptors (Lipinski definition) is 3. The summed E-state index contributed by atoms with van der Waals surface area (Å²) >= 11 is 11.8. The molecule has 2 aromatic rings. The highest BCUT2D eigenvalue weighted by molar-refractivity contribution is 6.35. The first-order valence-electron chi connectivity index (χ1n) is 5.17. The van der Waals surface area contributed by atoms with E-state index in [-0.39, 0.29) is 0 Å². The lowest BCUT2D eigenvalue weighted by molar-refractivity contribution is 0.412. The number of halogens is 2. The van der Waals surface area contributed by atoms with E-state index in [1.54, 1.807) is 43.5 Å². The molecule has 3 nitrogen and oxygen atoms in total. The van der Waals surface area contributed by atoms with E-state index in [1.807, 2.05) is 0 Å². The van der Waals surface area contributed by atoms with Crippen LogP contribution in [0.1, 0.15) is 0 Å². The van der Waals surface area contributed by atoms with Gasteiger partial charge in [0.05, 0.1) is 12.1 Å². The van der Waals surface area contributed by atoms with Crippen molar-refractivity contribution in [3.8, 4) is 17.2 Å². The maximum absolute atomic E-state index is 6.02. The highest BCUT2D eigenvalue weighted by Gasteiger charge is 2.09. The van der Waals surface area contributed by atoms with Crippen molar-refractivity contribution in [2.75, 3.05) is 12.8 Å². The van der Waals surface area contributed by atoms with Crippen LogP contribution in [-0.2, 0) is 0 Å². The average molecular weight is 284 g/mol. The van der Waals surface area contributed by atoms with Crippen molar-refractivity contribution < 1.29 is 9.47 Å². The Morgan fingerprint density at radius 3 is 2.39 bits per heavy atom. The van der Waals surface area contributed by atoms with E-state index in [0.29, 0.717) is 33.0 Å². The van der Waals surface area contributed by atoms with Gasteiger partial charge in [-0.1, -0.05) is 29.3 Å². The number of hydrogen-bond donors (Lipinski definition) is 1. The Morgan fingerprint density at radius 2 is 1.72 bits per heavy atom. The number of nitrogens with two attached hydrogens (primary N) is 1. The lowest BCUT2D eigenvalue weighted by atomic mass is 10.2. The van der Waals surface area contributed by atoms with Crippen LogP contribution >= 0.6 is 23.2 Å². The van der Waals surface area contributed by atoms with Crippen molar-refractivity contribution in [2.45, 2.75) is 0 Å². The second-order valence-corrected chi connectivity index (χ2v) is 4.39. The zero-order valence-corrected chi connectivity index (χ0v) is 11.1. The van der Waals surface area contributed by atoms with Crippen molar-refractivity contribution >= 4 is 28.9 Å². The summed E-state index contributed by atoms with van der Waals surface area (Å²) in [5.74, 6) is 1.53. The molecule has 0 heterocycles. The lowest BCUT2D eigenvalue weighted by Gasteiger charge is -2.12. The molecule has 2 rings (SSSR count). The molecule has 5 heteroatoms. The molecule has 0 radical (unpaired) electrons. The fourth-order valence-electron chi connectivity index (χ4n) is 1.47. The standard InChI is InChI=1S/C13H11Cl2NO2/c1-17-11-3-2-4-12(13(11)16)18-10-6-5-8(14)7-9(10)15/h2-7H,16H2,1H3. The van der Waals surface area contributed by atoms with Crippen LogP contribution < -0.4 is 15.2 Å². The Balaban J connectivity index is 2.34. The van der Waals surface area contributed by atoms with Crippen molar-refractivity contribution in [3.63, 3.8) is 0 Å². The Kier molecular flexibility index (Phi) is 3.84. The lowest BCUT2D eigenvalue weighted by Crippen LogP contribution is -1.96. The molecule has 2 N–H and O–H groups in total. The molecule has 0 aliphatic heterocycles. The second kappa shape index (κ2) is 5.38. The molecular weight excluding hydrogens is 273 g/mol. The molecule has 0 aliphatic rings. The summed E-state index contributed by atoms with van der Waals surface area (Å²) in [7, 11) is 1.55. The van der Waals surface area contributed by atoms with Crippen LogP contribution in [0.2, 0.25) is 10.0 Å². The molecule has 0 fully saturated rings. The zero-order chi connectivity index (χ0) is 13.1. The molecule has 0 saturated heterocycles. The Bertz CT molecular complexity index is 573. The number of rotatable bonds is 3. The van der Waals surface area contributed by atoms with Gasteiger partial charge in [0.15, 0.2) is 5.75 Å². The van der Waals surface area contributed by atoms with Gasteiger partial charge in [-0.3, -0.25) is 0 Å². The van der Waals surface area contributed by atoms with Gasteiger partial charge >= 0.3 is 0 Å². The van der Waals surface area contributed by atoms with Gasteiger partial charge in [0.2, 0.25) is 0 Å². The second-order valence-electron chi connectivity index (χ2n) is 3.55. The van der Waals surface area contributed by atoms with E-state index in [2.05, 4.69) is 0 Å². The minimum absolute atomic E-state index is 0.421. The summed E-state index contributed by atoms with van der Waals surface area (Å²) in [5, 5.41) is 0.968. The first kappa shape index (κ1) is 12.9. The summed E-state index contributed by atoms with van der Waals surface area (Å²) in [4.78, 5) is 0. The van der Waals surface area contributed by atoms with E-state index in [4.69, 9.17) is 38.4 Å². The minimum atomic E-state index is 0.421. The van der Waals surface area contributed by atoms with E-state index in [1.165, 1.54) is 0 Å². The molecule has 0 unspecified atom stereocenters. The Hall–Kier alpha value is -1.58. The predicted molar refractivity (Wildman–Crippen MR) is 73.9 cm³/mol. The predicted octanol–water partition coefficient (Wildman–Crippen LogP) is 4.38. The number of para-hydroxylation sites is 1. The van der Waals surface area contributed by atoms with Crippen LogP contribution in [0.15, 0.2) is 36.4 Å². The van der Waals surface area contributed by atoms with Crippen molar-refractivity contribution in [2.24, 2.45) is 0 Å². The maximum Gasteiger partial charge on any atom is 0.154 e. The summed E-state index contributed by atoms with van der Waals surface area (Å²) in [5.41, 5.74) is 6.32. The largest absolute Gasteiger partial charge is 0.494 e. The molecular formula is C13H11Cl2NO2. The number of benzene rings is 2. The molecule has 18 heavy (non-hydrogen) atoms. The quantitative estimate of drug-likeness (QED) is 0.851.